The zero-order valence-electron chi connectivity index (χ0n) is 6.86. The highest BCUT2D eigenvalue weighted by molar-refractivity contribution is 5.70. The minimum Gasteiger partial charge on any atom is -0.481 e. The largest absolute Gasteiger partial charge is 0.481 e. The van der Waals surface area contributed by atoms with Crippen LogP contribution < -0.4 is 0 Å². The maximum atomic E-state index is 10.4. The van der Waals surface area contributed by atoms with Gasteiger partial charge in [-0.25, -0.2) is 0 Å². The molecule has 0 radical (unpaired) electrons. The molecule has 1 atom stereocenters. The van der Waals surface area contributed by atoms with Crippen LogP contribution in [0.4, 0.5) is 0 Å². The van der Waals surface area contributed by atoms with E-state index in [0.717, 1.165) is 0 Å². The number of carboxylic acid groups (broad SMARTS) is 1. The average Bonchev–Trinajstić information content (AvgIpc) is 2.56. The van der Waals surface area contributed by atoms with Gasteiger partial charge in [0.2, 0.25) is 0 Å². The number of aliphatic carboxylic acids is 1. The van der Waals surface area contributed by atoms with E-state index in [9.17, 15) is 9.90 Å². The highest BCUT2D eigenvalue weighted by Crippen LogP contribution is 2.33. The van der Waals surface area contributed by atoms with Gasteiger partial charge >= 0.3 is 5.97 Å². The van der Waals surface area contributed by atoms with Gasteiger partial charge in [0.15, 0.2) is 0 Å². The maximum Gasteiger partial charge on any atom is 0.309 e. The van der Waals surface area contributed by atoms with E-state index < -0.39 is 12.1 Å². The molecule has 0 aliphatic heterocycles. The minimum atomic E-state index is -0.963. The number of aliphatic hydroxyl groups is 1. The smallest absolute Gasteiger partial charge is 0.309 e. The molecule has 0 spiro atoms. The number of rotatable bonds is 2. The molecule has 13 heavy (non-hydrogen) atoms. The van der Waals surface area contributed by atoms with Crippen molar-refractivity contribution < 1.29 is 19.5 Å². The number of hydrogen-bond acceptors (Lipinski definition) is 4. The van der Waals surface area contributed by atoms with Crippen molar-refractivity contribution in [3.05, 3.63) is 17.0 Å². The first kappa shape index (κ1) is 8.25. The van der Waals surface area contributed by atoms with Gasteiger partial charge in [-0.05, 0) is 6.42 Å². The van der Waals surface area contributed by atoms with Crippen LogP contribution in [0.15, 0.2) is 4.52 Å². The van der Waals surface area contributed by atoms with Crippen LogP contribution in [0.2, 0.25) is 0 Å². The molecule has 0 bridgehead atoms. The molecule has 0 aromatic carbocycles. The first-order valence-corrected chi connectivity index (χ1v) is 4.05. The van der Waals surface area contributed by atoms with Gasteiger partial charge < -0.3 is 14.7 Å². The summed E-state index contributed by atoms with van der Waals surface area (Å²) in [4.78, 5) is 10.4. The molecule has 1 unspecified atom stereocenters. The molecule has 0 fully saturated rings. The minimum absolute atomic E-state index is 0.185. The molecular weight excluding hydrogens is 174 g/mol. The van der Waals surface area contributed by atoms with Gasteiger partial charge in [0.25, 0.3) is 0 Å². The van der Waals surface area contributed by atoms with Crippen LogP contribution in [0.1, 0.15) is 29.5 Å². The molecule has 1 heterocycles. The van der Waals surface area contributed by atoms with Crippen molar-refractivity contribution in [2.24, 2.45) is 0 Å². The third kappa shape index (κ3) is 1.31. The lowest BCUT2D eigenvalue weighted by molar-refractivity contribution is -0.136. The van der Waals surface area contributed by atoms with Crippen molar-refractivity contribution in [1.29, 1.82) is 0 Å². The predicted octanol–water partition coefficient (Wildman–Crippen LogP) is 0.281. The monoisotopic (exact) mass is 183 g/mol. The standard InChI is InChI=1S/C8H9NO4/c10-5-1-2-6-8(5)4(9-13-6)3-7(11)12/h5,10H,1-3H2,(H,11,12). The number of carbonyl (C=O) groups is 1. The number of aliphatic hydroxyl groups excluding tert-OH is 1. The van der Waals surface area contributed by atoms with Gasteiger partial charge in [0.1, 0.15) is 11.5 Å². The average molecular weight is 183 g/mol. The first-order valence-electron chi connectivity index (χ1n) is 4.05. The van der Waals surface area contributed by atoms with E-state index in [0.29, 0.717) is 29.9 Å². The van der Waals surface area contributed by atoms with Gasteiger partial charge in [-0.1, -0.05) is 5.16 Å². The Labute approximate surface area is 74.0 Å². The number of carboxylic acids is 1. The summed E-state index contributed by atoms with van der Waals surface area (Å²) >= 11 is 0. The molecule has 2 rings (SSSR count). The Kier molecular flexibility index (Phi) is 1.81. The molecule has 1 aromatic heterocycles. The Morgan fingerprint density at radius 2 is 2.46 bits per heavy atom. The summed E-state index contributed by atoms with van der Waals surface area (Å²) in [5.74, 6) is -0.334. The second-order valence-corrected chi connectivity index (χ2v) is 3.09. The summed E-state index contributed by atoms with van der Waals surface area (Å²) in [5.41, 5.74) is 0.940. The summed E-state index contributed by atoms with van der Waals surface area (Å²) in [6.07, 6.45) is 0.457. The number of aromatic nitrogens is 1. The molecule has 0 saturated carbocycles. The van der Waals surface area contributed by atoms with Crippen molar-refractivity contribution in [3.8, 4) is 0 Å². The Morgan fingerprint density at radius 3 is 3.15 bits per heavy atom. The molecule has 1 aliphatic carbocycles. The second kappa shape index (κ2) is 2.85. The quantitative estimate of drug-likeness (QED) is 0.688. The summed E-state index contributed by atoms with van der Waals surface area (Å²) in [6.45, 7) is 0. The number of fused-ring (bicyclic) bond motifs is 1. The molecule has 0 amide bonds. The fourth-order valence-corrected chi connectivity index (χ4v) is 1.61. The fraction of sp³-hybridized carbons (Fsp3) is 0.500. The number of nitrogens with zero attached hydrogens (tertiary/aromatic N) is 1. The molecule has 5 heteroatoms. The molecule has 0 saturated heterocycles. The first-order chi connectivity index (χ1) is 6.18. The van der Waals surface area contributed by atoms with Gasteiger partial charge in [-0.3, -0.25) is 4.79 Å². The molecule has 2 N–H and O–H groups in total. The van der Waals surface area contributed by atoms with Crippen molar-refractivity contribution in [1.82, 2.24) is 5.16 Å². The molecule has 1 aliphatic rings. The lowest BCUT2D eigenvalue weighted by Gasteiger charge is -2.00. The van der Waals surface area contributed by atoms with E-state index in [1.807, 2.05) is 0 Å². The number of hydrogen-bond donors (Lipinski definition) is 2. The van der Waals surface area contributed by atoms with Crippen molar-refractivity contribution in [3.63, 3.8) is 0 Å². The van der Waals surface area contributed by atoms with Crippen molar-refractivity contribution in [2.75, 3.05) is 0 Å². The van der Waals surface area contributed by atoms with Crippen LogP contribution in [0, 0.1) is 0 Å². The fourth-order valence-electron chi connectivity index (χ4n) is 1.61. The predicted molar refractivity (Wildman–Crippen MR) is 41.1 cm³/mol. The van der Waals surface area contributed by atoms with Crippen LogP contribution in [0.5, 0.6) is 0 Å². The van der Waals surface area contributed by atoms with E-state index in [1.54, 1.807) is 0 Å². The van der Waals surface area contributed by atoms with E-state index in [1.165, 1.54) is 0 Å². The third-order valence-electron chi connectivity index (χ3n) is 2.17. The van der Waals surface area contributed by atoms with Crippen molar-refractivity contribution in [2.45, 2.75) is 25.4 Å². The molecule has 70 valence electrons. The van der Waals surface area contributed by atoms with E-state index in [2.05, 4.69) is 5.16 Å². The normalized spacial score (nSPS) is 20.2. The highest BCUT2D eigenvalue weighted by Gasteiger charge is 2.29. The zero-order valence-corrected chi connectivity index (χ0v) is 6.86. The van der Waals surface area contributed by atoms with Crippen LogP contribution in [-0.4, -0.2) is 21.3 Å². The Balaban J connectivity index is 2.32. The molecular formula is C8H9NO4. The lowest BCUT2D eigenvalue weighted by atomic mass is 10.1. The topological polar surface area (TPSA) is 83.6 Å². The summed E-state index contributed by atoms with van der Waals surface area (Å²) < 4.78 is 4.91. The Bertz CT molecular complexity index is 344. The van der Waals surface area contributed by atoms with Gasteiger partial charge in [0.05, 0.1) is 12.5 Å². The zero-order chi connectivity index (χ0) is 9.42. The second-order valence-electron chi connectivity index (χ2n) is 3.09. The lowest BCUT2D eigenvalue weighted by Crippen LogP contribution is -2.04. The Morgan fingerprint density at radius 1 is 1.69 bits per heavy atom. The molecule has 5 nitrogen and oxygen atoms in total. The highest BCUT2D eigenvalue weighted by atomic mass is 16.5. The van der Waals surface area contributed by atoms with Gasteiger partial charge in [-0.15, -0.1) is 0 Å². The maximum absolute atomic E-state index is 10.4. The SMILES string of the molecule is O=C(O)Cc1noc2c1C(O)CC2. The Hall–Kier alpha value is -1.36. The van der Waals surface area contributed by atoms with Crippen LogP contribution in [-0.2, 0) is 17.6 Å². The van der Waals surface area contributed by atoms with Crippen molar-refractivity contribution >= 4 is 5.97 Å². The summed E-state index contributed by atoms with van der Waals surface area (Å²) in [7, 11) is 0. The van der Waals surface area contributed by atoms with Gasteiger partial charge in [0, 0.05) is 12.0 Å². The van der Waals surface area contributed by atoms with E-state index >= 15 is 0 Å². The summed E-state index contributed by atoms with van der Waals surface area (Å²) in [5, 5.41) is 21.6. The van der Waals surface area contributed by atoms with E-state index in [-0.39, 0.29) is 6.42 Å². The molecule has 1 aromatic rings. The van der Waals surface area contributed by atoms with Crippen LogP contribution >= 0.6 is 0 Å². The van der Waals surface area contributed by atoms with E-state index in [4.69, 9.17) is 9.63 Å². The van der Waals surface area contributed by atoms with Crippen LogP contribution in [0.3, 0.4) is 0 Å². The third-order valence-corrected chi connectivity index (χ3v) is 2.17. The van der Waals surface area contributed by atoms with Crippen LogP contribution in [0.25, 0.3) is 0 Å². The summed E-state index contributed by atoms with van der Waals surface area (Å²) in [6, 6.07) is 0. The number of aryl methyl sites for hydroxylation is 1. The van der Waals surface area contributed by atoms with Gasteiger partial charge in [-0.2, -0.15) is 0 Å².